The zero-order valence-corrected chi connectivity index (χ0v) is 16.4. The Bertz CT molecular complexity index is 849. The standard InChI is InChI=1S/C21H20Cl2O4/c1-2-16(21(24)25)17-6-4-3-5-14(17)12-26-15-9-18(22)20(19(23)10-15)27-11-13-7-8-13/h2-6,9-10,13H,7-8,11-12H2,1H3,(H,24,25)/b16-2+. The highest BCUT2D eigenvalue weighted by atomic mass is 35.5. The van der Waals surface area contributed by atoms with Crippen LogP contribution in [0.2, 0.25) is 10.0 Å². The number of hydrogen-bond donors (Lipinski definition) is 1. The molecule has 2 aromatic carbocycles. The molecule has 0 aromatic heterocycles. The van der Waals surface area contributed by atoms with Crippen molar-refractivity contribution in [3.05, 3.63) is 63.6 Å². The number of hydrogen-bond acceptors (Lipinski definition) is 3. The zero-order chi connectivity index (χ0) is 19.4. The Morgan fingerprint density at radius 1 is 1.19 bits per heavy atom. The van der Waals surface area contributed by atoms with E-state index in [1.165, 1.54) is 12.8 Å². The molecule has 1 fully saturated rings. The average molecular weight is 407 g/mol. The molecule has 0 spiro atoms. The summed E-state index contributed by atoms with van der Waals surface area (Å²) in [6.07, 6.45) is 3.93. The first-order valence-corrected chi connectivity index (χ1v) is 9.47. The summed E-state index contributed by atoms with van der Waals surface area (Å²) in [4.78, 5) is 11.4. The molecule has 0 atom stereocenters. The predicted molar refractivity (Wildman–Crippen MR) is 107 cm³/mol. The first-order valence-electron chi connectivity index (χ1n) is 8.72. The second-order valence-electron chi connectivity index (χ2n) is 6.42. The third-order valence-corrected chi connectivity index (χ3v) is 4.91. The molecule has 0 saturated heterocycles. The summed E-state index contributed by atoms with van der Waals surface area (Å²) in [5.41, 5.74) is 1.61. The van der Waals surface area contributed by atoms with Crippen LogP contribution < -0.4 is 9.47 Å². The molecule has 1 N–H and O–H groups in total. The maximum Gasteiger partial charge on any atom is 0.335 e. The van der Waals surface area contributed by atoms with E-state index in [0.29, 0.717) is 39.6 Å². The molecule has 0 radical (unpaired) electrons. The fraction of sp³-hybridized carbons (Fsp3) is 0.286. The Morgan fingerprint density at radius 3 is 2.44 bits per heavy atom. The van der Waals surface area contributed by atoms with E-state index >= 15 is 0 Å². The lowest BCUT2D eigenvalue weighted by atomic mass is 10.00. The topological polar surface area (TPSA) is 55.8 Å². The molecule has 0 unspecified atom stereocenters. The summed E-state index contributed by atoms with van der Waals surface area (Å²) in [6.45, 7) is 2.51. The quantitative estimate of drug-likeness (QED) is 0.558. The van der Waals surface area contributed by atoms with E-state index in [0.717, 1.165) is 5.56 Å². The van der Waals surface area contributed by atoms with Crippen molar-refractivity contribution in [1.29, 1.82) is 0 Å². The van der Waals surface area contributed by atoms with Crippen LogP contribution in [0.5, 0.6) is 11.5 Å². The number of aliphatic carboxylic acids is 1. The van der Waals surface area contributed by atoms with Gasteiger partial charge >= 0.3 is 5.97 Å². The van der Waals surface area contributed by atoms with Gasteiger partial charge in [0.2, 0.25) is 0 Å². The van der Waals surface area contributed by atoms with Crippen LogP contribution in [0.4, 0.5) is 0 Å². The maximum absolute atomic E-state index is 11.4. The molecule has 142 valence electrons. The van der Waals surface area contributed by atoms with E-state index < -0.39 is 5.97 Å². The van der Waals surface area contributed by atoms with Crippen LogP contribution >= 0.6 is 23.2 Å². The number of allylic oxidation sites excluding steroid dienone is 1. The van der Waals surface area contributed by atoms with Gasteiger partial charge in [-0.25, -0.2) is 4.79 Å². The van der Waals surface area contributed by atoms with Gasteiger partial charge in [-0.3, -0.25) is 0 Å². The van der Waals surface area contributed by atoms with E-state index in [1.807, 2.05) is 12.1 Å². The molecule has 0 amide bonds. The van der Waals surface area contributed by atoms with Crippen molar-refractivity contribution in [2.75, 3.05) is 6.61 Å². The highest BCUT2D eigenvalue weighted by Crippen LogP contribution is 2.39. The van der Waals surface area contributed by atoms with Crippen LogP contribution in [0.25, 0.3) is 5.57 Å². The molecule has 2 aromatic rings. The van der Waals surface area contributed by atoms with Crippen LogP contribution in [0.3, 0.4) is 0 Å². The van der Waals surface area contributed by atoms with Crippen molar-refractivity contribution >= 4 is 34.7 Å². The number of halogens is 2. The molecule has 1 aliphatic carbocycles. The summed E-state index contributed by atoms with van der Waals surface area (Å²) in [6, 6.07) is 10.5. The van der Waals surface area contributed by atoms with Crippen LogP contribution in [-0.2, 0) is 11.4 Å². The lowest BCUT2D eigenvalue weighted by Gasteiger charge is -2.14. The minimum Gasteiger partial charge on any atom is -0.490 e. The molecular weight excluding hydrogens is 387 g/mol. The average Bonchev–Trinajstić information content (AvgIpc) is 3.45. The van der Waals surface area contributed by atoms with E-state index in [-0.39, 0.29) is 12.2 Å². The predicted octanol–water partition coefficient (Wildman–Crippen LogP) is 5.85. The minimum absolute atomic E-state index is 0.190. The van der Waals surface area contributed by atoms with Crippen molar-refractivity contribution in [3.63, 3.8) is 0 Å². The lowest BCUT2D eigenvalue weighted by Crippen LogP contribution is -2.05. The fourth-order valence-corrected chi connectivity index (χ4v) is 3.28. The van der Waals surface area contributed by atoms with Gasteiger partial charge < -0.3 is 14.6 Å². The van der Waals surface area contributed by atoms with Crippen molar-refractivity contribution in [2.45, 2.75) is 26.4 Å². The normalized spacial score (nSPS) is 14.1. The number of carboxylic acids is 1. The number of carboxylic acid groups (broad SMARTS) is 1. The fourth-order valence-electron chi connectivity index (χ4n) is 2.71. The smallest absolute Gasteiger partial charge is 0.335 e. The van der Waals surface area contributed by atoms with Crippen molar-refractivity contribution in [3.8, 4) is 11.5 Å². The van der Waals surface area contributed by atoms with Gasteiger partial charge in [-0.1, -0.05) is 53.5 Å². The second kappa shape index (κ2) is 8.68. The molecule has 4 nitrogen and oxygen atoms in total. The van der Waals surface area contributed by atoms with Crippen LogP contribution in [0, 0.1) is 5.92 Å². The Labute approximate surface area is 168 Å². The van der Waals surface area contributed by atoms with Crippen molar-refractivity contribution in [1.82, 2.24) is 0 Å². The van der Waals surface area contributed by atoms with Gasteiger partial charge in [0, 0.05) is 12.1 Å². The summed E-state index contributed by atoms with van der Waals surface area (Å²) in [5.74, 6) is 0.587. The van der Waals surface area contributed by atoms with Gasteiger partial charge in [-0.05, 0) is 36.8 Å². The van der Waals surface area contributed by atoms with Gasteiger partial charge in [0.15, 0.2) is 5.75 Å². The summed E-state index contributed by atoms with van der Waals surface area (Å²) in [7, 11) is 0. The Kier molecular flexibility index (Phi) is 6.30. The van der Waals surface area contributed by atoms with E-state index in [4.69, 9.17) is 32.7 Å². The highest BCUT2D eigenvalue weighted by molar-refractivity contribution is 6.37. The van der Waals surface area contributed by atoms with E-state index in [2.05, 4.69) is 0 Å². The molecule has 0 bridgehead atoms. The second-order valence-corrected chi connectivity index (χ2v) is 7.24. The minimum atomic E-state index is -0.979. The molecule has 6 heteroatoms. The molecule has 27 heavy (non-hydrogen) atoms. The Balaban J connectivity index is 1.74. The largest absolute Gasteiger partial charge is 0.490 e. The van der Waals surface area contributed by atoms with Gasteiger partial charge in [-0.15, -0.1) is 0 Å². The lowest BCUT2D eigenvalue weighted by molar-refractivity contribution is -0.130. The van der Waals surface area contributed by atoms with Crippen LogP contribution in [-0.4, -0.2) is 17.7 Å². The Hall–Kier alpha value is -2.17. The van der Waals surface area contributed by atoms with Crippen molar-refractivity contribution in [2.24, 2.45) is 5.92 Å². The van der Waals surface area contributed by atoms with Gasteiger partial charge in [-0.2, -0.15) is 0 Å². The SMILES string of the molecule is C/C=C(/C(=O)O)c1ccccc1COc1cc(Cl)c(OCC2CC2)c(Cl)c1. The third kappa shape index (κ3) is 4.96. The summed E-state index contributed by atoms with van der Waals surface area (Å²) < 4.78 is 11.5. The zero-order valence-electron chi connectivity index (χ0n) is 14.9. The summed E-state index contributed by atoms with van der Waals surface area (Å²) in [5, 5.41) is 10.2. The number of rotatable bonds is 8. The van der Waals surface area contributed by atoms with Crippen LogP contribution in [0.15, 0.2) is 42.5 Å². The molecular formula is C21H20Cl2O4. The Morgan fingerprint density at radius 2 is 1.85 bits per heavy atom. The van der Waals surface area contributed by atoms with Gasteiger partial charge in [0.1, 0.15) is 12.4 Å². The van der Waals surface area contributed by atoms with Gasteiger partial charge in [0.25, 0.3) is 0 Å². The van der Waals surface area contributed by atoms with Crippen molar-refractivity contribution < 1.29 is 19.4 Å². The molecule has 1 aliphatic rings. The number of carbonyl (C=O) groups is 1. The maximum atomic E-state index is 11.4. The highest BCUT2D eigenvalue weighted by Gasteiger charge is 2.23. The van der Waals surface area contributed by atoms with Gasteiger partial charge in [0.05, 0.1) is 22.2 Å². The summed E-state index contributed by atoms with van der Waals surface area (Å²) >= 11 is 12.6. The number of benzene rings is 2. The first-order chi connectivity index (χ1) is 13.0. The molecule has 0 aliphatic heterocycles. The monoisotopic (exact) mass is 406 g/mol. The molecule has 0 heterocycles. The first kappa shape index (κ1) is 19.6. The molecule has 3 rings (SSSR count). The van der Waals surface area contributed by atoms with Crippen LogP contribution in [0.1, 0.15) is 30.9 Å². The van der Waals surface area contributed by atoms with E-state index in [9.17, 15) is 9.90 Å². The van der Waals surface area contributed by atoms with E-state index in [1.54, 1.807) is 37.3 Å². The number of ether oxygens (including phenoxy) is 2. The third-order valence-electron chi connectivity index (χ3n) is 4.35. The molecule has 1 saturated carbocycles.